The number of likely N-dealkylation sites (tertiary alicyclic amines) is 1. The zero-order valence-corrected chi connectivity index (χ0v) is 17.0. The summed E-state index contributed by atoms with van der Waals surface area (Å²) >= 11 is 1.38. The topological polar surface area (TPSA) is 69.7 Å². The summed E-state index contributed by atoms with van der Waals surface area (Å²) in [5.74, 6) is -0.371. The van der Waals surface area contributed by atoms with Crippen LogP contribution in [0.5, 0.6) is 0 Å². The Kier molecular flexibility index (Phi) is 6.46. The fourth-order valence-corrected chi connectivity index (χ4v) is 4.15. The summed E-state index contributed by atoms with van der Waals surface area (Å²) in [6.07, 6.45) is 1.44. The van der Waals surface area contributed by atoms with E-state index in [1.54, 1.807) is 40.1 Å². The van der Waals surface area contributed by atoms with Gasteiger partial charge in [0, 0.05) is 30.9 Å². The molecule has 1 aliphatic heterocycles. The Morgan fingerprint density at radius 1 is 1.18 bits per heavy atom. The maximum Gasteiger partial charge on any atom is 0.264 e. The van der Waals surface area contributed by atoms with E-state index in [0.717, 1.165) is 6.42 Å². The Labute approximate surface area is 169 Å². The molecule has 1 saturated heterocycles. The van der Waals surface area contributed by atoms with E-state index in [2.05, 4.69) is 5.32 Å². The standard InChI is InChI=1S/C21H25N3O3S/c1-3-23(4-2)20(26)15-8-5-9-16(14-15)22-19(25)17-10-6-12-24(17)21(27)18-11-7-13-28-18/h5,7-9,11,13-14,17H,3-4,6,10,12H2,1-2H3,(H,22,25). The summed E-state index contributed by atoms with van der Waals surface area (Å²) in [5.41, 5.74) is 1.11. The Hall–Kier alpha value is -2.67. The summed E-state index contributed by atoms with van der Waals surface area (Å²) in [5, 5.41) is 4.74. The highest BCUT2D eigenvalue weighted by molar-refractivity contribution is 7.12. The zero-order valence-electron chi connectivity index (χ0n) is 16.2. The van der Waals surface area contributed by atoms with Gasteiger partial charge in [-0.05, 0) is 56.3 Å². The first-order valence-corrected chi connectivity index (χ1v) is 10.5. The highest BCUT2D eigenvalue weighted by Crippen LogP contribution is 2.24. The molecule has 0 aliphatic carbocycles. The third-order valence-corrected chi connectivity index (χ3v) is 5.83. The number of hydrogen-bond donors (Lipinski definition) is 1. The molecule has 1 atom stereocenters. The molecule has 1 aromatic carbocycles. The van der Waals surface area contributed by atoms with Gasteiger partial charge >= 0.3 is 0 Å². The largest absolute Gasteiger partial charge is 0.339 e. The van der Waals surface area contributed by atoms with Crippen LogP contribution >= 0.6 is 11.3 Å². The molecule has 1 unspecified atom stereocenters. The van der Waals surface area contributed by atoms with Gasteiger partial charge in [0.05, 0.1) is 4.88 Å². The highest BCUT2D eigenvalue weighted by atomic mass is 32.1. The van der Waals surface area contributed by atoms with Crippen LogP contribution < -0.4 is 5.32 Å². The van der Waals surface area contributed by atoms with Crippen molar-refractivity contribution in [3.63, 3.8) is 0 Å². The van der Waals surface area contributed by atoms with E-state index in [1.807, 2.05) is 25.3 Å². The Balaban J connectivity index is 1.71. The molecule has 2 aromatic rings. The van der Waals surface area contributed by atoms with Crippen LogP contribution in [0, 0.1) is 0 Å². The Morgan fingerprint density at radius 2 is 1.96 bits per heavy atom. The van der Waals surface area contributed by atoms with Gasteiger partial charge in [-0.15, -0.1) is 11.3 Å². The van der Waals surface area contributed by atoms with Gasteiger partial charge in [0.15, 0.2) is 0 Å². The van der Waals surface area contributed by atoms with Gasteiger partial charge < -0.3 is 15.1 Å². The normalized spacial score (nSPS) is 16.1. The number of carbonyl (C=O) groups excluding carboxylic acids is 3. The molecule has 7 heteroatoms. The van der Waals surface area contributed by atoms with Gasteiger partial charge in [-0.1, -0.05) is 12.1 Å². The summed E-state index contributed by atoms with van der Waals surface area (Å²) in [6, 6.07) is 10.1. The molecule has 148 valence electrons. The SMILES string of the molecule is CCN(CC)C(=O)c1cccc(NC(=O)C2CCCN2C(=O)c2cccs2)c1. The van der Waals surface area contributed by atoms with Crippen LogP contribution in [0.1, 0.15) is 46.7 Å². The maximum absolute atomic E-state index is 12.8. The number of nitrogens with one attached hydrogen (secondary N) is 1. The van der Waals surface area contributed by atoms with E-state index in [4.69, 9.17) is 0 Å². The smallest absolute Gasteiger partial charge is 0.264 e. The van der Waals surface area contributed by atoms with Crippen LogP contribution in [0.4, 0.5) is 5.69 Å². The van der Waals surface area contributed by atoms with Crippen LogP contribution in [-0.4, -0.2) is 53.2 Å². The van der Waals surface area contributed by atoms with Crippen molar-refractivity contribution >= 4 is 34.7 Å². The van der Waals surface area contributed by atoms with Gasteiger partial charge in [0.2, 0.25) is 5.91 Å². The second kappa shape index (κ2) is 9.01. The quantitative estimate of drug-likeness (QED) is 0.809. The maximum atomic E-state index is 12.8. The van der Waals surface area contributed by atoms with Crippen molar-refractivity contribution in [3.05, 3.63) is 52.2 Å². The van der Waals surface area contributed by atoms with E-state index >= 15 is 0 Å². The second-order valence-electron chi connectivity index (χ2n) is 6.68. The number of amides is 3. The molecule has 6 nitrogen and oxygen atoms in total. The third-order valence-electron chi connectivity index (χ3n) is 4.98. The Bertz CT molecular complexity index is 846. The van der Waals surface area contributed by atoms with E-state index in [-0.39, 0.29) is 17.7 Å². The van der Waals surface area contributed by atoms with Crippen LogP contribution in [0.3, 0.4) is 0 Å². The molecule has 3 amide bonds. The summed E-state index contributed by atoms with van der Waals surface area (Å²) in [6.45, 7) is 5.72. The minimum absolute atomic E-state index is 0.0588. The minimum Gasteiger partial charge on any atom is -0.339 e. The molecule has 0 bridgehead atoms. The lowest BCUT2D eigenvalue weighted by Crippen LogP contribution is -2.43. The fraction of sp³-hybridized carbons (Fsp3) is 0.381. The number of anilines is 1. The number of benzene rings is 1. The zero-order chi connectivity index (χ0) is 20.1. The molecule has 1 aromatic heterocycles. The molecule has 1 N–H and O–H groups in total. The van der Waals surface area contributed by atoms with Crippen molar-refractivity contribution < 1.29 is 14.4 Å². The molecule has 0 radical (unpaired) electrons. The van der Waals surface area contributed by atoms with Gasteiger partial charge in [-0.3, -0.25) is 14.4 Å². The van der Waals surface area contributed by atoms with E-state index in [9.17, 15) is 14.4 Å². The number of rotatable bonds is 6. The van der Waals surface area contributed by atoms with Crippen LogP contribution in [0.25, 0.3) is 0 Å². The molecule has 1 aliphatic rings. The molecule has 28 heavy (non-hydrogen) atoms. The molecular weight excluding hydrogens is 374 g/mol. The van der Waals surface area contributed by atoms with Crippen molar-refractivity contribution in [2.45, 2.75) is 32.7 Å². The van der Waals surface area contributed by atoms with E-state index < -0.39 is 6.04 Å². The average molecular weight is 400 g/mol. The molecule has 0 saturated carbocycles. The lowest BCUT2D eigenvalue weighted by atomic mass is 10.1. The van der Waals surface area contributed by atoms with Gasteiger partial charge in [-0.2, -0.15) is 0 Å². The molecule has 3 rings (SSSR count). The van der Waals surface area contributed by atoms with Crippen molar-refractivity contribution in [2.24, 2.45) is 0 Å². The molecule has 2 heterocycles. The highest BCUT2D eigenvalue weighted by Gasteiger charge is 2.35. The summed E-state index contributed by atoms with van der Waals surface area (Å²) in [7, 11) is 0. The molecule has 0 spiro atoms. The van der Waals surface area contributed by atoms with E-state index in [0.29, 0.717) is 42.2 Å². The summed E-state index contributed by atoms with van der Waals surface area (Å²) in [4.78, 5) is 42.1. The lowest BCUT2D eigenvalue weighted by Gasteiger charge is -2.23. The van der Waals surface area contributed by atoms with Crippen molar-refractivity contribution in [2.75, 3.05) is 25.0 Å². The first-order valence-electron chi connectivity index (χ1n) is 9.59. The van der Waals surface area contributed by atoms with Crippen LogP contribution in [0.2, 0.25) is 0 Å². The predicted octanol–water partition coefficient (Wildman–Crippen LogP) is 3.47. The first kappa shape index (κ1) is 20.1. The number of nitrogens with zero attached hydrogens (tertiary/aromatic N) is 2. The Morgan fingerprint density at radius 3 is 2.64 bits per heavy atom. The third kappa shape index (κ3) is 4.25. The van der Waals surface area contributed by atoms with Gasteiger partial charge in [0.1, 0.15) is 6.04 Å². The number of hydrogen-bond acceptors (Lipinski definition) is 4. The predicted molar refractivity (Wildman–Crippen MR) is 111 cm³/mol. The first-order chi connectivity index (χ1) is 13.5. The summed E-state index contributed by atoms with van der Waals surface area (Å²) < 4.78 is 0. The lowest BCUT2D eigenvalue weighted by molar-refractivity contribution is -0.119. The number of thiophene rings is 1. The second-order valence-corrected chi connectivity index (χ2v) is 7.63. The van der Waals surface area contributed by atoms with Gasteiger partial charge in [0.25, 0.3) is 11.8 Å². The van der Waals surface area contributed by atoms with Crippen LogP contribution in [-0.2, 0) is 4.79 Å². The average Bonchev–Trinajstić information content (AvgIpc) is 3.40. The number of carbonyl (C=O) groups is 3. The van der Waals surface area contributed by atoms with Crippen LogP contribution in [0.15, 0.2) is 41.8 Å². The monoisotopic (exact) mass is 399 g/mol. The van der Waals surface area contributed by atoms with Crippen molar-refractivity contribution in [1.82, 2.24) is 9.80 Å². The minimum atomic E-state index is -0.489. The van der Waals surface area contributed by atoms with Crippen molar-refractivity contribution in [3.8, 4) is 0 Å². The van der Waals surface area contributed by atoms with Gasteiger partial charge in [-0.25, -0.2) is 0 Å². The fourth-order valence-electron chi connectivity index (χ4n) is 3.47. The van der Waals surface area contributed by atoms with Crippen molar-refractivity contribution in [1.29, 1.82) is 0 Å². The van der Waals surface area contributed by atoms with E-state index in [1.165, 1.54) is 11.3 Å². The molecule has 1 fully saturated rings. The molecular formula is C21H25N3O3S.